The molecule has 1 unspecified atom stereocenters. The Bertz CT molecular complexity index is 1220. The van der Waals surface area contributed by atoms with Crippen molar-refractivity contribution in [2.24, 2.45) is 0 Å². The minimum absolute atomic E-state index is 0.0368. The first-order chi connectivity index (χ1) is 16.5. The zero-order valence-corrected chi connectivity index (χ0v) is 21.1. The summed E-state index contributed by atoms with van der Waals surface area (Å²) >= 11 is 3.51. The Balaban J connectivity index is 1.20. The van der Waals surface area contributed by atoms with Crippen LogP contribution >= 0.6 is 22.7 Å². The summed E-state index contributed by atoms with van der Waals surface area (Å²) in [5, 5.41) is 7.22. The Morgan fingerprint density at radius 2 is 1.82 bits per heavy atom. The van der Waals surface area contributed by atoms with Gasteiger partial charge in [0.25, 0.3) is 0 Å². The number of hydrogen-bond donors (Lipinski definition) is 1. The highest BCUT2D eigenvalue weighted by Crippen LogP contribution is 2.39. The van der Waals surface area contributed by atoms with E-state index in [4.69, 9.17) is 4.74 Å². The molecule has 10 heteroatoms. The number of sulfonamides is 1. The Morgan fingerprint density at radius 3 is 2.56 bits per heavy atom. The molecular formula is C24H27N3O4S3. The number of nitrogens with one attached hydrogen (secondary N) is 1. The van der Waals surface area contributed by atoms with Gasteiger partial charge in [0.15, 0.2) is 0 Å². The molecule has 180 valence electrons. The molecule has 1 saturated heterocycles. The fourth-order valence-electron chi connectivity index (χ4n) is 4.48. The molecule has 1 fully saturated rings. The Morgan fingerprint density at radius 1 is 1.03 bits per heavy atom. The zero-order valence-electron chi connectivity index (χ0n) is 18.7. The number of rotatable bonds is 7. The lowest BCUT2D eigenvalue weighted by atomic mass is 9.98. The molecule has 0 spiro atoms. The van der Waals surface area contributed by atoms with E-state index >= 15 is 0 Å². The molecule has 1 N–H and O–H groups in total. The van der Waals surface area contributed by atoms with Crippen LogP contribution in [0.5, 0.6) is 0 Å². The Kier molecular flexibility index (Phi) is 7.14. The maximum atomic E-state index is 12.8. The Hall–Kier alpha value is -2.08. The number of amides is 1. The fraction of sp³-hybridized carbons (Fsp3) is 0.375. The molecule has 1 amide bonds. The van der Waals surface area contributed by atoms with Gasteiger partial charge >= 0.3 is 0 Å². The van der Waals surface area contributed by atoms with E-state index in [1.807, 2.05) is 0 Å². The minimum atomic E-state index is -3.52. The first-order valence-electron chi connectivity index (χ1n) is 11.3. The number of thiophene rings is 2. The minimum Gasteiger partial charge on any atom is -0.379 e. The van der Waals surface area contributed by atoms with E-state index in [0.717, 1.165) is 18.5 Å². The van der Waals surface area contributed by atoms with Crippen LogP contribution in [0.1, 0.15) is 26.9 Å². The van der Waals surface area contributed by atoms with E-state index in [9.17, 15) is 13.2 Å². The molecule has 1 aromatic carbocycles. The van der Waals surface area contributed by atoms with E-state index in [2.05, 4.69) is 39.2 Å². The normalized spacial score (nSPS) is 19.6. The van der Waals surface area contributed by atoms with Crippen LogP contribution in [0.25, 0.3) is 0 Å². The number of nitrogens with zero attached hydrogens (tertiary/aromatic N) is 2. The predicted molar refractivity (Wildman–Crippen MR) is 134 cm³/mol. The molecule has 7 nitrogen and oxygen atoms in total. The van der Waals surface area contributed by atoms with Gasteiger partial charge in [-0.25, -0.2) is 8.42 Å². The van der Waals surface area contributed by atoms with Crippen molar-refractivity contribution in [3.05, 3.63) is 74.1 Å². The number of fused-ring (bicyclic) bond motifs is 1. The summed E-state index contributed by atoms with van der Waals surface area (Å²) in [6, 6.07) is 13.2. The molecule has 0 bridgehead atoms. The van der Waals surface area contributed by atoms with Gasteiger partial charge in [0.1, 0.15) is 0 Å². The van der Waals surface area contributed by atoms with Crippen LogP contribution in [0.15, 0.2) is 58.1 Å². The van der Waals surface area contributed by atoms with Crippen LogP contribution in [0, 0.1) is 0 Å². The molecule has 5 rings (SSSR count). The monoisotopic (exact) mass is 517 g/mol. The maximum absolute atomic E-state index is 12.8. The maximum Gasteiger partial charge on any atom is 0.243 e. The van der Waals surface area contributed by atoms with Crippen LogP contribution in [0.2, 0.25) is 0 Å². The van der Waals surface area contributed by atoms with Crippen LogP contribution < -0.4 is 5.32 Å². The summed E-state index contributed by atoms with van der Waals surface area (Å²) < 4.78 is 32.3. The number of carbonyl (C=O) groups is 1. The lowest BCUT2D eigenvalue weighted by molar-refractivity contribution is -0.122. The van der Waals surface area contributed by atoms with Gasteiger partial charge in [-0.1, -0.05) is 18.2 Å². The van der Waals surface area contributed by atoms with Crippen molar-refractivity contribution in [3.8, 4) is 0 Å². The highest BCUT2D eigenvalue weighted by molar-refractivity contribution is 7.89. The van der Waals surface area contributed by atoms with Crippen molar-refractivity contribution in [2.75, 3.05) is 39.4 Å². The quantitative estimate of drug-likeness (QED) is 0.521. The van der Waals surface area contributed by atoms with Gasteiger partial charge in [0, 0.05) is 35.9 Å². The lowest BCUT2D eigenvalue weighted by Crippen LogP contribution is -2.42. The molecule has 3 aromatic rings. The van der Waals surface area contributed by atoms with E-state index in [-0.39, 0.29) is 16.8 Å². The number of benzene rings is 1. The molecule has 1 atom stereocenters. The van der Waals surface area contributed by atoms with Gasteiger partial charge in [0.2, 0.25) is 15.9 Å². The third-order valence-corrected chi connectivity index (χ3v) is 10.1. The second kappa shape index (κ2) is 10.3. The van der Waals surface area contributed by atoms with Crippen LogP contribution in [-0.4, -0.2) is 62.9 Å². The van der Waals surface area contributed by atoms with Gasteiger partial charge in [-0.3, -0.25) is 9.69 Å². The van der Waals surface area contributed by atoms with Crippen LogP contribution in [0.3, 0.4) is 0 Å². The van der Waals surface area contributed by atoms with E-state index in [1.165, 1.54) is 19.6 Å². The lowest BCUT2D eigenvalue weighted by Gasteiger charge is -2.34. The summed E-state index contributed by atoms with van der Waals surface area (Å²) in [7, 11) is -3.52. The summed E-state index contributed by atoms with van der Waals surface area (Å²) in [5.74, 6) is -0.0368. The van der Waals surface area contributed by atoms with E-state index in [0.29, 0.717) is 39.4 Å². The van der Waals surface area contributed by atoms with Crippen molar-refractivity contribution < 1.29 is 17.9 Å². The number of carbonyl (C=O) groups excluding carboxylic acids is 1. The highest BCUT2D eigenvalue weighted by atomic mass is 32.2. The zero-order chi connectivity index (χ0) is 23.5. The second-order valence-electron chi connectivity index (χ2n) is 8.37. The van der Waals surface area contributed by atoms with Crippen molar-refractivity contribution in [1.82, 2.24) is 14.5 Å². The van der Waals surface area contributed by atoms with Gasteiger partial charge < -0.3 is 10.1 Å². The average Bonchev–Trinajstić information content (AvgIpc) is 3.56. The van der Waals surface area contributed by atoms with Crippen molar-refractivity contribution in [2.45, 2.75) is 23.9 Å². The summed E-state index contributed by atoms with van der Waals surface area (Å²) in [6.07, 6.45) is 0.960. The van der Waals surface area contributed by atoms with Crippen molar-refractivity contribution in [1.29, 1.82) is 0 Å². The van der Waals surface area contributed by atoms with Crippen molar-refractivity contribution in [3.63, 3.8) is 0 Å². The molecule has 34 heavy (non-hydrogen) atoms. The van der Waals surface area contributed by atoms with Crippen LogP contribution in [-0.2, 0) is 32.5 Å². The molecule has 2 aliphatic rings. The standard InChI is InChI=1S/C24H27N3O4S3/c28-23(17-26-9-7-21-20(8-15-33-21)24(26)22-2-1-14-32-22)25-16-18-3-5-19(6-4-18)34(29,30)27-10-12-31-13-11-27/h1-6,8,14-15,24H,7,9-13,16-17H2,(H,25,28). The predicted octanol–water partition coefficient (Wildman–Crippen LogP) is 3.09. The Labute approximate surface area is 208 Å². The summed E-state index contributed by atoms with van der Waals surface area (Å²) in [5.41, 5.74) is 2.17. The van der Waals surface area contributed by atoms with E-state index < -0.39 is 10.0 Å². The second-order valence-corrected chi connectivity index (χ2v) is 12.3. The summed E-state index contributed by atoms with van der Waals surface area (Å²) in [6.45, 7) is 3.10. The first-order valence-corrected chi connectivity index (χ1v) is 14.5. The molecule has 2 aliphatic heterocycles. The largest absolute Gasteiger partial charge is 0.379 e. The number of hydrogen-bond acceptors (Lipinski definition) is 7. The highest BCUT2D eigenvalue weighted by Gasteiger charge is 2.31. The van der Waals surface area contributed by atoms with Gasteiger partial charge in [-0.2, -0.15) is 4.31 Å². The van der Waals surface area contributed by atoms with Crippen LogP contribution in [0.4, 0.5) is 0 Å². The van der Waals surface area contributed by atoms with E-state index in [1.54, 1.807) is 46.9 Å². The van der Waals surface area contributed by atoms with Gasteiger partial charge in [0.05, 0.1) is 30.7 Å². The number of ether oxygens (including phenoxy) is 1. The molecule has 4 heterocycles. The molecule has 0 radical (unpaired) electrons. The molecule has 0 saturated carbocycles. The third-order valence-electron chi connectivity index (χ3n) is 6.25. The molecule has 0 aliphatic carbocycles. The van der Waals surface area contributed by atoms with Gasteiger partial charge in [-0.15, -0.1) is 22.7 Å². The topological polar surface area (TPSA) is 79.0 Å². The fourth-order valence-corrected chi connectivity index (χ4v) is 7.66. The molecular weight excluding hydrogens is 490 g/mol. The SMILES string of the molecule is O=C(CN1CCc2sccc2C1c1cccs1)NCc1ccc(S(=O)(=O)N2CCOCC2)cc1. The first kappa shape index (κ1) is 23.7. The number of morpholine rings is 1. The molecule has 2 aromatic heterocycles. The third kappa shape index (κ3) is 4.98. The summed E-state index contributed by atoms with van der Waals surface area (Å²) in [4.78, 5) is 18.0. The smallest absolute Gasteiger partial charge is 0.243 e. The average molecular weight is 518 g/mol. The van der Waals surface area contributed by atoms with Gasteiger partial charge in [-0.05, 0) is 52.6 Å². The van der Waals surface area contributed by atoms with Crippen molar-refractivity contribution >= 4 is 38.6 Å².